The topological polar surface area (TPSA) is 35.2 Å². The Labute approximate surface area is 126 Å². The Kier molecular flexibility index (Phi) is 8.38. The summed E-state index contributed by atoms with van der Waals surface area (Å²) in [5.74, 6) is -0.378. The van der Waals surface area contributed by atoms with Crippen molar-refractivity contribution >= 4 is 17.2 Å². The summed E-state index contributed by atoms with van der Waals surface area (Å²) in [6, 6.07) is 4.76. The third kappa shape index (κ3) is 6.44. The third-order valence-electron chi connectivity index (χ3n) is 3.21. The van der Waals surface area contributed by atoms with E-state index in [2.05, 4.69) is 6.92 Å². The lowest BCUT2D eigenvalue weighted by Crippen LogP contribution is -2.12. The molecule has 0 aliphatic carbocycles. The number of nitrogens with two attached hydrogens (primary N) is 1. The minimum Gasteiger partial charge on any atom is -0.389 e. The highest BCUT2D eigenvalue weighted by atomic mass is 32.1. The molecule has 0 bridgehead atoms. The molecule has 0 unspecified atom stereocenters. The molecule has 0 saturated heterocycles. The van der Waals surface area contributed by atoms with E-state index in [9.17, 15) is 4.39 Å². The van der Waals surface area contributed by atoms with Crippen molar-refractivity contribution < 1.29 is 9.13 Å². The summed E-state index contributed by atoms with van der Waals surface area (Å²) in [4.78, 5) is 0.0836. The normalized spacial score (nSPS) is 10.7. The van der Waals surface area contributed by atoms with Crippen molar-refractivity contribution in [3.63, 3.8) is 0 Å². The number of rotatable bonds is 10. The van der Waals surface area contributed by atoms with Gasteiger partial charge in [0.05, 0.1) is 6.61 Å². The molecule has 2 nitrogen and oxygen atoms in total. The van der Waals surface area contributed by atoms with Gasteiger partial charge >= 0.3 is 0 Å². The zero-order valence-electron chi connectivity index (χ0n) is 12.2. The van der Waals surface area contributed by atoms with Crippen LogP contribution in [0.3, 0.4) is 0 Å². The van der Waals surface area contributed by atoms with Crippen molar-refractivity contribution in [2.24, 2.45) is 5.73 Å². The molecule has 0 spiro atoms. The molecule has 0 aliphatic heterocycles. The molecule has 4 heteroatoms. The zero-order chi connectivity index (χ0) is 14.8. The Hall–Kier alpha value is -1.00. The summed E-state index contributed by atoms with van der Waals surface area (Å²) in [7, 11) is 0. The van der Waals surface area contributed by atoms with Crippen molar-refractivity contribution in [1.82, 2.24) is 0 Å². The van der Waals surface area contributed by atoms with Crippen molar-refractivity contribution in [1.29, 1.82) is 0 Å². The first-order valence-electron chi connectivity index (χ1n) is 7.31. The van der Waals surface area contributed by atoms with Gasteiger partial charge in [-0.15, -0.1) is 0 Å². The lowest BCUT2D eigenvalue weighted by Gasteiger charge is -2.07. The Morgan fingerprint density at radius 2 is 1.90 bits per heavy atom. The highest BCUT2D eigenvalue weighted by Gasteiger charge is 2.06. The second-order valence-corrected chi connectivity index (χ2v) is 5.44. The summed E-state index contributed by atoms with van der Waals surface area (Å²) in [6.45, 7) is 3.43. The van der Waals surface area contributed by atoms with Crippen molar-refractivity contribution in [2.45, 2.75) is 52.1 Å². The first-order chi connectivity index (χ1) is 9.65. The third-order valence-corrected chi connectivity index (χ3v) is 3.43. The Morgan fingerprint density at radius 1 is 1.20 bits per heavy atom. The van der Waals surface area contributed by atoms with Gasteiger partial charge in [0, 0.05) is 12.2 Å². The molecule has 0 aromatic heterocycles. The Bertz CT molecular complexity index is 423. The summed E-state index contributed by atoms with van der Waals surface area (Å²) in [6.07, 6.45) is 7.46. The van der Waals surface area contributed by atoms with Gasteiger partial charge in [-0.2, -0.15) is 0 Å². The van der Waals surface area contributed by atoms with E-state index in [0.717, 1.165) is 18.6 Å². The standard InChI is InChI=1S/C16H24FNOS/c1-2-3-4-5-6-7-10-19-12-13-8-9-15(17)14(11-13)16(18)20/h8-9,11H,2-7,10,12H2,1H3,(H2,18,20). The lowest BCUT2D eigenvalue weighted by atomic mass is 10.1. The molecule has 0 heterocycles. The maximum absolute atomic E-state index is 13.4. The predicted octanol–water partition coefficient (Wildman–Crippen LogP) is 4.34. The van der Waals surface area contributed by atoms with Crippen LogP contribution >= 0.6 is 12.2 Å². The summed E-state index contributed by atoms with van der Waals surface area (Å²) < 4.78 is 19.0. The van der Waals surface area contributed by atoms with E-state index >= 15 is 0 Å². The van der Waals surface area contributed by atoms with E-state index < -0.39 is 0 Å². The van der Waals surface area contributed by atoms with E-state index in [4.69, 9.17) is 22.7 Å². The predicted molar refractivity (Wildman–Crippen MR) is 85.3 cm³/mol. The van der Waals surface area contributed by atoms with Crippen LogP contribution in [0.2, 0.25) is 0 Å². The van der Waals surface area contributed by atoms with Gasteiger partial charge in [0.2, 0.25) is 0 Å². The van der Waals surface area contributed by atoms with E-state index in [1.54, 1.807) is 12.1 Å². The average Bonchev–Trinajstić information content (AvgIpc) is 2.43. The molecule has 0 radical (unpaired) electrons. The molecule has 0 saturated carbocycles. The van der Waals surface area contributed by atoms with Gasteiger partial charge in [0.15, 0.2) is 0 Å². The first kappa shape index (κ1) is 17.1. The number of hydrogen-bond acceptors (Lipinski definition) is 2. The smallest absolute Gasteiger partial charge is 0.133 e. The van der Waals surface area contributed by atoms with Crippen LogP contribution in [0, 0.1) is 5.82 Å². The molecule has 2 N–H and O–H groups in total. The van der Waals surface area contributed by atoms with E-state index in [1.807, 2.05) is 0 Å². The van der Waals surface area contributed by atoms with Gasteiger partial charge in [-0.1, -0.05) is 57.3 Å². The van der Waals surface area contributed by atoms with Gasteiger partial charge in [0.1, 0.15) is 10.8 Å². The van der Waals surface area contributed by atoms with Crippen molar-refractivity contribution in [3.8, 4) is 0 Å². The van der Waals surface area contributed by atoms with Gasteiger partial charge < -0.3 is 10.5 Å². The number of ether oxygens (including phenoxy) is 1. The molecular formula is C16H24FNOS. The highest BCUT2D eigenvalue weighted by molar-refractivity contribution is 7.80. The summed E-state index contributed by atoms with van der Waals surface area (Å²) in [5, 5.41) is 0. The van der Waals surface area contributed by atoms with Gasteiger partial charge in [-0.05, 0) is 24.1 Å². The Morgan fingerprint density at radius 3 is 2.60 bits per heavy atom. The van der Waals surface area contributed by atoms with Crippen molar-refractivity contribution in [2.75, 3.05) is 6.61 Å². The molecule has 112 valence electrons. The minimum atomic E-state index is -0.378. The fourth-order valence-electron chi connectivity index (χ4n) is 2.03. The number of hydrogen-bond donors (Lipinski definition) is 1. The molecule has 20 heavy (non-hydrogen) atoms. The van der Waals surface area contributed by atoms with Crippen LogP contribution in [-0.2, 0) is 11.3 Å². The van der Waals surface area contributed by atoms with Gasteiger partial charge in [0.25, 0.3) is 0 Å². The molecule has 0 amide bonds. The zero-order valence-corrected chi connectivity index (χ0v) is 13.0. The van der Waals surface area contributed by atoms with Crippen LogP contribution in [0.4, 0.5) is 4.39 Å². The summed E-state index contributed by atoms with van der Waals surface area (Å²) in [5.41, 5.74) is 6.66. The van der Waals surface area contributed by atoms with E-state index in [-0.39, 0.29) is 10.8 Å². The van der Waals surface area contributed by atoms with Crippen LogP contribution in [0.25, 0.3) is 0 Å². The SMILES string of the molecule is CCCCCCCCOCc1ccc(F)c(C(N)=S)c1. The van der Waals surface area contributed by atoms with Crippen LogP contribution in [0.15, 0.2) is 18.2 Å². The lowest BCUT2D eigenvalue weighted by molar-refractivity contribution is 0.116. The first-order valence-corrected chi connectivity index (χ1v) is 7.72. The van der Waals surface area contributed by atoms with Crippen LogP contribution in [0.1, 0.15) is 56.6 Å². The van der Waals surface area contributed by atoms with Gasteiger partial charge in [-0.25, -0.2) is 4.39 Å². The average molecular weight is 297 g/mol. The second-order valence-electron chi connectivity index (χ2n) is 5.00. The van der Waals surface area contributed by atoms with E-state index in [1.165, 1.54) is 38.2 Å². The molecule has 1 rings (SSSR count). The van der Waals surface area contributed by atoms with Crippen LogP contribution in [0.5, 0.6) is 0 Å². The monoisotopic (exact) mass is 297 g/mol. The highest BCUT2D eigenvalue weighted by Crippen LogP contribution is 2.12. The number of unbranched alkanes of at least 4 members (excludes halogenated alkanes) is 5. The molecule has 0 aliphatic rings. The number of halogens is 1. The molecular weight excluding hydrogens is 273 g/mol. The number of thiocarbonyl (C=S) groups is 1. The van der Waals surface area contributed by atoms with Crippen molar-refractivity contribution in [3.05, 3.63) is 35.1 Å². The quantitative estimate of drug-likeness (QED) is 0.515. The second kappa shape index (κ2) is 9.83. The fourth-order valence-corrected chi connectivity index (χ4v) is 2.18. The Balaban J connectivity index is 2.22. The molecule has 1 aromatic carbocycles. The van der Waals surface area contributed by atoms with Gasteiger partial charge in [-0.3, -0.25) is 0 Å². The summed E-state index contributed by atoms with van der Waals surface area (Å²) >= 11 is 4.81. The molecule has 1 aromatic rings. The maximum atomic E-state index is 13.4. The molecule has 0 fully saturated rings. The largest absolute Gasteiger partial charge is 0.389 e. The molecule has 0 atom stereocenters. The fraction of sp³-hybridized carbons (Fsp3) is 0.562. The van der Waals surface area contributed by atoms with Crippen LogP contribution in [-0.4, -0.2) is 11.6 Å². The minimum absolute atomic E-state index is 0.0836. The van der Waals surface area contributed by atoms with E-state index in [0.29, 0.717) is 12.2 Å². The van der Waals surface area contributed by atoms with Crippen LogP contribution < -0.4 is 5.73 Å². The maximum Gasteiger partial charge on any atom is 0.133 e. The number of benzene rings is 1.